The van der Waals surface area contributed by atoms with Crippen LogP contribution in [0.3, 0.4) is 0 Å². The molecule has 39 heavy (non-hydrogen) atoms. The van der Waals surface area contributed by atoms with Crippen LogP contribution in [0.15, 0.2) is 66.9 Å². The quantitative estimate of drug-likeness (QED) is 0.289. The number of aliphatic hydroxyl groups is 1. The minimum atomic E-state index is -0.872. The number of halogens is 1. The van der Waals surface area contributed by atoms with Crippen LogP contribution in [0.2, 0.25) is 5.02 Å². The van der Waals surface area contributed by atoms with Gasteiger partial charge in [-0.1, -0.05) is 23.7 Å². The second-order valence-corrected chi connectivity index (χ2v) is 10.8. The Morgan fingerprint density at radius 2 is 1.74 bits per heavy atom. The van der Waals surface area contributed by atoms with Gasteiger partial charge in [0, 0.05) is 41.6 Å². The zero-order chi connectivity index (χ0) is 26.8. The summed E-state index contributed by atoms with van der Waals surface area (Å²) in [5.41, 5.74) is 3.18. The molecule has 2 fully saturated rings. The second kappa shape index (κ2) is 10.8. The number of nitrogens with one attached hydrogen (secondary N) is 3. The molecule has 6 rings (SSSR count). The Kier molecular flexibility index (Phi) is 7.12. The molecule has 2 saturated heterocycles. The lowest BCUT2D eigenvalue weighted by atomic mass is 9.84. The van der Waals surface area contributed by atoms with Crippen LogP contribution in [0.25, 0.3) is 5.65 Å². The number of carbonyl (C=O) groups is 1. The summed E-state index contributed by atoms with van der Waals surface area (Å²) in [5.74, 6) is 0.428. The number of amides is 1. The first kappa shape index (κ1) is 25.6. The molecule has 2 aromatic heterocycles. The highest BCUT2D eigenvalue weighted by Gasteiger charge is 2.34. The van der Waals surface area contributed by atoms with Crippen molar-refractivity contribution in [1.29, 1.82) is 0 Å². The largest absolute Gasteiger partial charge is 0.385 e. The number of benzene rings is 2. The van der Waals surface area contributed by atoms with Crippen molar-refractivity contribution in [1.82, 2.24) is 25.2 Å². The molecule has 1 amide bonds. The first-order chi connectivity index (χ1) is 19.0. The van der Waals surface area contributed by atoms with Crippen LogP contribution in [0, 0.1) is 0 Å². The van der Waals surface area contributed by atoms with Crippen molar-refractivity contribution in [2.24, 2.45) is 0 Å². The molecular weight excluding hydrogens is 514 g/mol. The average Bonchev–Trinajstić information content (AvgIpc) is 3.37. The van der Waals surface area contributed by atoms with E-state index in [1.54, 1.807) is 4.52 Å². The number of nitrogens with zero attached hydrogens (tertiary/aromatic N) is 4. The normalized spacial score (nSPS) is 17.7. The number of rotatable bonds is 6. The van der Waals surface area contributed by atoms with Gasteiger partial charge in [0.2, 0.25) is 5.95 Å². The van der Waals surface area contributed by atoms with Crippen molar-refractivity contribution < 1.29 is 9.90 Å². The van der Waals surface area contributed by atoms with Crippen LogP contribution in [-0.2, 0) is 5.60 Å². The van der Waals surface area contributed by atoms with E-state index in [-0.39, 0.29) is 11.9 Å². The predicted octanol–water partition coefficient (Wildman–Crippen LogP) is 4.10. The van der Waals surface area contributed by atoms with Crippen LogP contribution in [0.5, 0.6) is 0 Å². The van der Waals surface area contributed by atoms with Gasteiger partial charge in [0.25, 0.3) is 5.91 Å². The molecule has 0 radical (unpaired) electrons. The fraction of sp³-hybridized carbons (Fsp3) is 0.345. The lowest BCUT2D eigenvalue weighted by molar-refractivity contribution is 0.0118. The molecule has 2 aliphatic heterocycles. The van der Waals surface area contributed by atoms with Crippen molar-refractivity contribution in [3.8, 4) is 0 Å². The third-order valence-electron chi connectivity index (χ3n) is 7.73. The fourth-order valence-electron chi connectivity index (χ4n) is 5.43. The summed E-state index contributed by atoms with van der Waals surface area (Å²) in [6.07, 6.45) is 4.99. The number of hydrogen-bond acceptors (Lipinski definition) is 7. The summed E-state index contributed by atoms with van der Waals surface area (Å²) >= 11 is 6.03. The molecule has 0 unspecified atom stereocenters. The van der Waals surface area contributed by atoms with Crippen molar-refractivity contribution in [3.05, 3.63) is 83.0 Å². The van der Waals surface area contributed by atoms with E-state index in [9.17, 15) is 9.90 Å². The summed E-state index contributed by atoms with van der Waals surface area (Å²) in [6.45, 7) is 3.25. The van der Waals surface area contributed by atoms with E-state index in [1.165, 1.54) is 0 Å². The van der Waals surface area contributed by atoms with E-state index >= 15 is 0 Å². The first-order valence-electron chi connectivity index (χ1n) is 13.4. The van der Waals surface area contributed by atoms with Gasteiger partial charge >= 0.3 is 0 Å². The summed E-state index contributed by atoms with van der Waals surface area (Å²) in [4.78, 5) is 19.6. The van der Waals surface area contributed by atoms with E-state index in [1.807, 2.05) is 66.9 Å². The maximum atomic E-state index is 12.6. The molecule has 4 heterocycles. The summed E-state index contributed by atoms with van der Waals surface area (Å²) in [5, 5.41) is 26.2. The van der Waals surface area contributed by atoms with Crippen LogP contribution in [0.1, 0.15) is 41.6 Å². The highest BCUT2D eigenvalue weighted by molar-refractivity contribution is 6.30. The molecule has 0 bridgehead atoms. The lowest BCUT2D eigenvalue weighted by Crippen LogP contribution is -2.42. The Morgan fingerprint density at radius 3 is 2.46 bits per heavy atom. The zero-order valence-corrected chi connectivity index (χ0v) is 22.4. The van der Waals surface area contributed by atoms with E-state index in [0.29, 0.717) is 42.5 Å². The molecule has 202 valence electrons. The van der Waals surface area contributed by atoms with E-state index < -0.39 is 5.60 Å². The number of pyridine rings is 1. The Bertz CT molecular complexity index is 1440. The van der Waals surface area contributed by atoms with Crippen molar-refractivity contribution in [2.45, 2.75) is 37.3 Å². The van der Waals surface area contributed by atoms with Crippen LogP contribution < -0.4 is 20.9 Å². The highest BCUT2D eigenvalue weighted by atomic mass is 35.5. The first-order valence-corrected chi connectivity index (χ1v) is 13.8. The monoisotopic (exact) mass is 545 g/mol. The van der Waals surface area contributed by atoms with E-state index in [4.69, 9.17) is 16.6 Å². The molecule has 9 nitrogen and oxygen atoms in total. The van der Waals surface area contributed by atoms with Gasteiger partial charge in [-0.3, -0.25) is 4.79 Å². The minimum absolute atomic E-state index is 0.0477. The number of anilines is 3. The van der Waals surface area contributed by atoms with Crippen molar-refractivity contribution in [2.75, 3.05) is 36.4 Å². The third-order valence-corrected chi connectivity index (χ3v) is 7.98. The molecular formula is C29H32ClN7O2. The summed E-state index contributed by atoms with van der Waals surface area (Å²) in [7, 11) is 0. The minimum Gasteiger partial charge on any atom is -0.385 e. The van der Waals surface area contributed by atoms with Gasteiger partial charge in [0.05, 0.1) is 11.3 Å². The van der Waals surface area contributed by atoms with Crippen LogP contribution in [-0.4, -0.2) is 57.8 Å². The summed E-state index contributed by atoms with van der Waals surface area (Å²) < 4.78 is 1.76. The van der Waals surface area contributed by atoms with E-state index in [2.05, 4.69) is 25.9 Å². The molecule has 2 aliphatic rings. The summed E-state index contributed by atoms with van der Waals surface area (Å²) in [6, 6.07) is 19.0. The van der Waals surface area contributed by atoms with Gasteiger partial charge in [0.15, 0.2) is 5.65 Å². The second-order valence-electron chi connectivity index (χ2n) is 10.3. The SMILES string of the molecule is O=C(NC1CCNCC1)c1ccc(Nc2nc3c(N4CCC(O)(c5ccc(Cl)cc5)CC4)cccn3n2)cc1. The highest BCUT2D eigenvalue weighted by Crippen LogP contribution is 2.36. The number of piperidine rings is 2. The van der Waals surface area contributed by atoms with Gasteiger partial charge in [-0.05, 0) is 92.9 Å². The molecule has 0 aliphatic carbocycles. The van der Waals surface area contributed by atoms with Crippen LogP contribution >= 0.6 is 11.6 Å². The average molecular weight is 546 g/mol. The predicted molar refractivity (Wildman–Crippen MR) is 153 cm³/mol. The Balaban J connectivity index is 1.12. The zero-order valence-electron chi connectivity index (χ0n) is 21.6. The molecule has 10 heteroatoms. The maximum Gasteiger partial charge on any atom is 0.251 e. The Morgan fingerprint density at radius 1 is 1.03 bits per heavy atom. The number of hydrogen-bond donors (Lipinski definition) is 4. The number of carbonyl (C=O) groups excluding carboxylic acids is 1. The third kappa shape index (κ3) is 5.56. The molecule has 0 atom stereocenters. The standard InChI is InChI=1S/C29H32ClN7O2/c30-22-7-5-21(6-8-22)29(39)13-18-36(19-14-29)25-2-1-17-37-26(25)34-28(35-37)33-23-9-3-20(4-10-23)27(38)32-24-11-15-31-16-12-24/h1-10,17,24,31,39H,11-16,18-19H2,(H,32,38)(H,33,35). The fourth-order valence-corrected chi connectivity index (χ4v) is 5.55. The topological polar surface area (TPSA) is 107 Å². The smallest absolute Gasteiger partial charge is 0.251 e. The van der Waals surface area contributed by atoms with Gasteiger partial charge in [-0.25, -0.2) is 4.52 Å². The lowest BCUT2D eigenvalue weighted by Gasteiger charge is -2.39. The van der Waals surface area contributed by atoms with Gasteiger partial charge in [-0.2, -0.15) is 4.98 Å². The molecule has 2 aromatic carbocycles. The van der Waals surface area contributed by atoms with Gasteiger partial charge < -0.3 is 26.0 Å². The van der Waals surface area contributed by atoms with Crippen molar-refractivity contribution >= 4 is 40.5 Å². The molecule has 0 spiro atoms. The van der Waals surface area contributed by atoms with E-state index in [0.717, 1.165) is 48.5 Å². The molecule has 0 saturated carbocycles. The maximum absolute atomic E-state index is 12.6. The number of aromatic nitrogens is 3. The Hall–Kier alpha value is -3.66. The van der Waals surface area contributed by atoms with Gasteiger partial charge in [0.1, 0.15) is 0 Å². The Labute approximate surface area is 232 Å². The van der Waals surface area contributed by atoms with Crippen molar-refractivity contribution in [3.63, 3.8) is 0 Å². The molecule has 4 N–H and O–H groups in total. The number of fused-ring (bicyclic) bond motifs is 1. The van der Waals surface area contributed by atoms with Gasteiger partial charge in [-0.15, -0.1) is 5.10 Å². The van der Waals surface area contributed by atoms with Crippen LogP contribution in [0.4, 0.5) is 17.3 Å². The molecule has 4 aromatic rings.